The highest BCUT2D eigenvalue weighted by Crippen LogP contribution is 2.36. The number of aliphatic hydroxyl groups is 1. The maximum atomic E-state index is 16.2. The Balaban J connectivity index is 1.07. The van der Waals surface area contributed by atoms with Crippen molar-refractivity contribution >= 4 is 87.1 Å². The summed E-state index contributed by atoms with van der Waals surface area (Å²) in [6, 6.07) is 9.53. The standard InChI is InChI=1S/C75H91F3N12O15/c1-40-63(93)31-48(29-49-36-81-57-23-18-51(77)34-56(49)57)68(97)86-60(30-46-15-14-45-16-17-50(76)33-55(45)46)73(102)89-38-52(78)35-62(89)71(100)88-66(41(2)91)72(101)87-59(28-44-10-19-53(104-5)20-11-44)74(103)90-26-8-24-75(90,4)64(94)32-47(67(80)96)27-43-12-21-54(22-13-43)105-39-65(95)82-37-61(84-42(3)92)70(99)85-58(69(98)83-40)9-6-7-25-79/h10-13,15-23,33-34,36,40-41,47-48,52,58-62,66,81,91H,6-9,14,24-32,35,37-39,79H2,1-5H3,(H2,80,96)(H,82,95)(H,83,98)(H,84,92)(H,85,99)(H,86,97)(H,87,101)(H,88,100)/t40-,41-,47-,48-,52+,58+,59+,60+,61+,62+,66+,75+/m1/s1. The molecule has 5 aliphatic rings. The maximum Gasteiger partial charge on any atom is 0.258 e. The minimum atomic E-state index is -1.90. The number of carbonyl (C=O) groups excluding carboxylic acids is 12. The third kappa shape index (κ3) is 20.1. The number of hydrogen-bond donors (Lipinski definition) is 11. The second-order valence-corrected chi connectivity index (χ2v) is 27.6. The number of fused-ring (bicyclic) bond motifs is 31. The van der Waals surface area contributed by atoms with Crippen LogP contribution in [0.5, 0.6) is 11.5 Å². The van der Waals surface area contributed by atoms with Gasteiger partial charge in [0.2, 0.25) is 53.2 Å². The molecule has 10 amide bonds. The Labute approximate surface area is 604 Å². The van der Waals surface area contributed by atoms with Gasteiger partial charge in [-0.1, -0.05) is 36.4 Å². The molecule has 0 spiro atoms. The Morgan fingerprint density at radius 2 is 1.49 bits per heavy atom. The van der Waals surface area contributed by atoms with Gasteiger partial charge in [-0.15, -0.1) is 0 Å². The van der Waals surface area contributed by atoms with E-state index in [1.54, 1.807) is 55.5 Å². The molecule has 5 heterocycles. The molecule has 4 aliphatic heterocycles. The number of alkyl halides is 1. The molecule has 1 aromatic heterocycles. The molecule has 562 valence electrons. The van der Waals surface area contributed by atoms with Crippen LogP contribution in [0.25, 0.3) is 16.5 Å². The van der Waals surface area contributed by atoms with E-state index in [1.165, 1.54) is 74.5 Å². The topological polar surface area (TPSA) is 402 Å². The van der Waals surface area contributed by atoms with Crippen molar-refractivity contribution in [2.24, 2.45) is 23.3 Å². The van der Waals surface area contributed by atoms with Gasteiger partial charge in [-0.25, -0.2) is 13.2 Å². The van der Waals surface area contributed by atoms with Crippen LogP contribution >= 0.6 is 0 Å². The summed E-state index contributed by atoms with van der Waals surface area (Å²) in [6.07, 6.45) is -1.71. The molecule has 27 nitrogen and oxygen atoms in total. The molecule has 12 atom stereocenters. The van der Waals surface area contributed by atoms with E-state index in [2.05, 4.69) is 42.2 Å². The Hall–Kier alpha value is -10.5. The Morgan fingerprint density at radius 1 is 0.790 bits per heavy atom. The number of aromatic amines is 1. The number of primary amides is 1. The quantitative estimate of drug-likeness (QED) is 0.0711. The molecule has 2 saturated heterocycles. The van der Waals surface area contributed by atoms with Crippen LogP contribution in [-0.2, 0) is 83.2 Å². The normalized spacial score (nSPS) is 25.8. The van der Waals surface area contributed by atoms with Gasteiger partial charge < -0.3 is 78.0 Å². The molecule has 0 saturated carbocycles. The van der Waals surface area contributed by atoms with Crippen LogP contribution in [0.2, 0.25) is 0 Å². The number of Topliss-reactive ketones (excluding diaryl/α,β-unsaturated/α-hetero) is 2. The second kappa shape index (κ2) is 35.3. The molecule has 105 heavy (non-hydrogen) atoms. The average molecular weight is 1460 g/mol. The van der Waals surface area contributed by atoms with Gasteiger partial charge in [0, 0.05) is 81.1 Å². The smallest absolute Gasteiger partial charge is 0.258 e. The van der Waals surface area contributed by atoms with Gasteiger partial charge in [0.25, 0.3) is 5.91 Å². The Morgan fingerprint density at radius 3 is 2.18 bits per heavy atom. The minimum absolute atomic E-state index is 0.0238. The van der Waals surface area contributed by atoms with Gasteiger partial charge in [-0.05, 0) is 167 Å². The first kappa shape index (κ1) is 78.6. The van der Waals surface area contributed by atoms with E-state index in [0.717, 1.165) is 11.8 Å². The van der Waals surface area contributed by atoms with Gasteiger partial charge >= 0.3 is 0 Å². The number of nitrogens with one attached hydrogen (secondary N) is 8. The zero-order chi connectivity index (χ0) is 76.0. The number of allylic oxidation sites excluding steroid dienone is 1. The number of ether oxygens (including phenoxy) is 2. The van der Waals surface area contributed by atoms with Crippen molar-refractivity contribution in [3.8, 4) is 11.5 Å². The lowest BCUT2D eigenvalue weighted by Crippen LogP contribution is -2.62. The molecule has 0 radical (unpaired) electrons. The third-order valence-electron chi connectivity index (χ3n) is 19.9. The van der Waals surface area contributed by atoms with Crippen LogP contribution in [0.3, 0.4) is 0 Å². The first-order valence-corrected chi connectivity index (χ1v) is 35.2. The van der Waals surface area contributed by atoms with Gasteiger partial charge in [0.15, 0.2) is 18.2 Å². The third-order valence-corrected chi connectivity index (χ3v) is 19.9. The number of aromatic nitrogens is 1. The van der Waals surface area contributed by atoms with Crippen molar-refractivity contribution in [2.45, 2.75) is 171 Å². The summed E-state index contributed by atoms with van der Waals surface area (Å²) >= 11 is 0. The van der Waals surface area contributed by atoms with E-state index in [4.69, 9.17) is 20.9 Å². The van der Waals surface area contributed by atoms with Crippen molar-refractivity contribution in [1.29, 1.82) is 0 Å². The van der Waals surface area contributed by atoms with E-state index in [0.29, 0.717) is 62.9 Å². The monoisotopic (exact) mass is 1460 g/mol. The number of hydrogen-bond acceptors (Lipinski definition) is 16. The summed E-state index contributed by atoms with van der Waals surface area (Å²) in [5, 5.41) is 29.9. The van der Waals surface area contributed by atoms with E-state index in [1.807, 2.05) is 0 Å². The molecule has 1 aliphatic carbocycles. The van der Waals surface area contributed by atoms with Crippen molar-refractivity contribution in [3.05, 3.63) is 137 Å². The fourth-order valence-electron chi connectivity index (χ4n) is 13.9. The maximum absolute atomic E-state index is 16.2. The highest BCUT2D eigenvalue weighted by atomic mass is 19.1. The highest BCUT2D eigenvalue weighted by Gasteiger charge is 2.49. The number of H-pyrrole nitrogens is 1. The molecule has 2 fully saturated rings. The molecule has 13 N–H and O–H groups in total. The summed E-state index contributed by atoms with van der Waals surface area (Å²) in [5.74, 6) is -13.4. The van der Waals surface area contributed by atoms with E-state index < -0.39 is 193 Å². The lowest BCUT2D eigenvalue weighted by atomic mass is 9.84. The van der Waals surface area contributed by atoms with Gasteiger partial charge in [0.05, 0.1) is 31.3 Å². The molecular weight excluding hydrogens is 1370 g/mol. The number of carbonyl (C=O) groups is 12. The number of halogens is 3. The largest absolute Gasteiger partial charge is 0.497 e. The number of nitrogens with zero attached hydrogens (tertiary/aromatic N) is 2. The fourth-order valence-corrected chi connectivity index (χ4v) is 13.9. The zero-order valence-electron chi connectivity index (χ0n) is 59.2. The molecule has 2 bridgehead atoms. The van der Waals surface area contributed by atoms with Crippen molar-refractivity contribution in [3.63, 3.8) is 0 Å². The predicted molar refractivity (Wildman–Crippen MR) is 377 cm³/mol. The molecular formula is C75H91F3N12O15. The van der Waals surface area contributed by atoms with Gasteiger partial charge in [0.1, 0.15) is 65.6 Å². The first-order chi connectivity index (χ1) is 50.0. The van der Waals surface area contributed by atoms with E-state index >= 15 is 23.2 Å². The lowest BCUT2D eigenvalue weighted by Gasteiger charge is -2.37. The number of nitrogens with two attached hydrogens (primary N) is 2. The Kier molecular flexibility index (Phi) is 26.5. The van der Waals surface area contributed by atoms with Crippen LogP contribution < -0.4 is 58.2 Å². The number of rotatable bonds is 14. The highest BCUT2D eigenvalue weighted by molar-refractivity contribution is 6.01. The van der Waals surface area contributed by atoms with Crippen LogP contribution in [0.4, 0.5) is 13.2 Å². The number of benzene rings is 4. The molecule has 5 aromatic rings. The summed E-state index contributed by atoms with van der Waals surface area (Å²) in [6.45, 7) is 3.60. The number of methoxy groups -OCH3 is 1. The number of amides is 10. The van der Waals surface area contributed by atoms with Crippen molar-refractivity contribution in [2.75, 3.05) is 39.9 Å². The number of ketones is 2. The molecule has 4 aromatic carbocycles. The second-order valence-electron chi connectivity index (χ2n) is 27.6. The van der Waals surface area contributed by atoms with Crippen LogP contribution in [0.1, 0.15) is 113 Å². The van der Waals surface area contributed by atoms with Gasteiger partial charge in [-0.2, -0.15) is 0 Å². The Bertz CT molecular complexity index is 4120. The van der Waals surface area contributed by atoms with E-state index in [-0.39, 0.29) is 70.2 Å². The molecule has 30 heteroatoms. The van der Waals surface area contributed by atoms with Crippen molar-refractivity contribution in [1.82, 2.24) is 52.0 Å². The lowest BCUT2D eigenvalue weighted by molar-refractivity contribution is -0.147. The summed E-state index contributed by atoms with van der Waals surface area (Å²) in [4.78, 5) is 178. The molecule has 0 unspecified atom stereocenters. The molecule has 10 rings (SSSR count). The zero-order valence-corrected chi connectivity index (χ0v) is 59.2. The minimum Gasteiger partial charge on any atom is -0.497 e. The average Bonchev–Trinajstić information content (AvgIpc) is 1.61. The van der Waals surface area contributed by atoms with Crippen molar-refractivity contribution < 1.29 is 85.3 Å². The van der Waals surface area contributed by atoms with Crippen LogP contribution in [0, 0.1) is 23.5 Å². The van der Waals surface area contributed by atoms with Crippen LogP contribution in [0.15, 0.2) is 97.2 Å². The number of unbranched alkanes of at least 4 members (excludes halogenated alkanes) is 1. The SMILES string of the molecule is COc1ccc(C[C@@H]2NC(=O)[C@H]([C@@H](C)O)NC(=O)[C@@H]3C[C@H](F)CN3C(=O)[C@H](CC3=CCc4ccc(F)cc43)NC(=O)[C@H](Cc3c[nH]c4ccc(F)cc34)CC(=O)[C@@H](C)NC(=O)[C@H](CCCCN)NC(=O)[C@@H](NC(C)=O)CNC(=O)COc3ccc(cc3)C[C@@H](C(N)=O)CC(=O)[C@]3(C)CCCN3C2=O)cc1. The van der Waals surface area contributed by atoms with Gasteiger partial charge in [-0.3, -0.25) is 57.5 Å². The fraction of sp³-hybridized carbons (Fsp3) is 0.467. The van der Waals surface area contributed by atoms with Crippen LogP contribution in [-0.4, -0.2) is 191 Å². The first-order valence-electron chi connectivity index (χ1n) is 35.2. The summed E-state index contributed by atoms with van der Waals surface area (Å²) in [5.41, 5.74) is 13.4. The van der Waals surface area contributed by atoms with E-state index in [9.17, 15) is 52.6 Å². The summed E-state index contributed by atoms with van der Waals surface area (Å²) < 4.78 is 57.3. The summed E-state index contributed by atoms with van der Waals surface area (Å²) in [7, 11) is 1.45. The number of aliphatic hydroxyl groups excluding tert-OH is 1. The predicted octanol–water partition coefficient (Wildman–Crippen LogP) is 2.44.